The molecule has 0 saturated heterocycles. The van der Waals surface area contributed by atoms with Crippen molar-refractivity contribution in [2.75, 3.05) is 26.2 Å². The van der Waals surface area contributed by atoms with Crippen molar-refractivity contribution >= 4 is 23.2 Å². The Hall–Kier alpha value is -3.19. The normalized spacial score (nSPS) is 15.0. The fourth-order valence-corrected chi connectivity index (χ4v) is 5.19. The number of hydrogen-bond donors (Lipinski definition) is 0. The van der Waals surface area contributed by atoms with Crippen LogP contribution in [0, 0.1) is 12.7 Å². The SMILES string of the molecule is CCCN(CC(=O)N1CCc2sccc2[C@H]1COc1ccc(C)cc1)C(=O)c1cccc(F)c1. The average Bonchev–Trinajstić information content (AvgIpc) is 3.32. The largest absolute Gasteiger partial charge is 0.491 e. The molecule has 2 amide bonds. The van der Waals surface area contributed by atoms with E-state index in [0.717, 1.165) is 23.3 Å². The fraction of sp³-hybridized carbons (Fsp3) is 0.333. The van der Waals surface area contributed by atoms with Gasteiger partial charge in [0.1, 0.15) is 24.7 Å². The van der Waals surface area contributed by atoms with Crippen LogP contribution in [-0.2, 0) is 11.2 Å². The molecular formula is C27H29FN2O3S. The van der Waals surface area contributed by atoms with Gasteiger partial charge in [0.05, 0.1) is 6.04 Å². The van der Waals surface area contributed by atoms with Gasteiger partial charge < -0.3 is 14.5 Å². The average molecular weight is 481 g/mol. The zero-order valence-electron chi connectivity index (χ0n) is 19.5. The van der Waals surface area contributed by atoms with Gasteiger partial charge in [-0.1, -0.05) is 30.7 Å². The van der Waals surface area contributed by atoms with Gasteiger partial charge in [-0.25, -0.2) is 4.39 Å². The Morgan fingerprint density at radius 2 is 1.97 bits per heavy atom. The van der Waals surface area contributed by atoms with E-state index in [4.69, 9.17) is 4.74 Å². The van der Waals surface area contributed by atoms with Crippen molar-refractivity contribution in [3.63, 3.8) is 0 Å². The third kappa shape index (κ3) is 5.47. The standard InChI is InChI=1S/C27H29FN2O3S/c1-3-13-29(27(32)20-5-4-6-21(28)16-20)17-26(31)30-14-11-25-23(12-15-34-25)24(30)18-33-22-9-7-19(2)8-10-22/h4-10,12,15-16,24H,3,11,13-14,17-18H2,1-2H3/t24-/m1/s1. The van der Waals surface area contributed by atoms with Crippen molar-refractivity contribution in [1.82, 2.24) is 9.80 Å². The van der Waals surface area contributed by atoms with Gasteiger partial charge in [-0.15, -0.1) is 11.3 Å². The molecule has 0 radical (unpaired) electrons. The summed E-state index contributed by atoms with van der Waals surface area (Å²) in [6, 6.07) is 15.3. The Kier molecular flexibility index (Phi) is 7.63. The maximum Gasteiger partial charge on any atom is 0.254 e. The number of fused-ring (bicyclic) bond motifs is 1. The van der Waals surface area contributed by atoms with Gasteiger partial charge in [0.15, 0.2) is 0 Å². The molecule has 2 heterocycles. The van der Waals surface area contributed by atoms with E-state index in [9.17, 15) is 14.0 Å². The van der Waals surface area contributed by atoms with E-state index in [0.29, 0.717) is 26.1 Å². The number of rotatable bonds is 8. The number of nitrogens with zero attached hydrogens (tertiary/aromatic N) is 2. The van der Waals surface area contributed by atoms with Gasteiger partial charge in [-0.2, -0.15) is 0 Å². The highest BCUT2D eigenvalue weighted by atomic mass is 32.1. The highest BCUT2D eigenvalue weighted by Gasteiger charge is 2.33. The van der Waals surface area contributed by atoms with Crippen molar-refractivity contribution in [1.29, 1.82) is 0 Å². The molecule has 0 unspecified atom stereocenters. The highest BCUT2D eigenvalue weighted by Crippen LogP contribution is 2.34. The number of carbonyl (C=O) groups excluding carboxylic acids is 2. The zero-order valence-corrected chi connectivity index (χ0v) is 20.3. The second kappa shape index (κ2) is 10.8. The van der Waals surface area contributed by atoms with Crippen molar-refractivity contribution in [2.45, 2.75) is 32.7 Å². The minimum absolute atomic E-state index is 0.0519. The van der Waals surface area contributed by atoms with Crippen LogP contribution in [0.3, 0.4) is 0 Å². The number of thiophene rings is 1. The first-order valence-corrected chi connectivity index (χ1v) is 12.4. The minimum atomic E-state index is -0.469. The van der Waals surface area contributed by atoms with Crippen LogP contribution in [0.4, 0.5) is 4.39 Å². The van der Waals surface area contributed by atoms with E-state index in [1.165, 1.54) is 28.0 Å². The van der Waals surface area contributed by atoms with Gasteiger partial charge in [0.25, 0.3) is 5.91 Å². The van der Waals surface area contributed by atoms with Crippen LogP contribution < -0.4 is 4.74 Å². The smallest absolute Gasteiger partial charge is 0.254 e. The number of carbonyl (C=O) groups is 2. The molecule has 178 valence electrons. The van der Waals surface area contributed by atoms with E-state index in [1.807, 2.05) is 48.4 Å². The van der Waals surface area contributed by atoms with Gasteiger partial charge in [0.2, 0.25) is 5.91 Å². The molecule has 5 nitrogen and oxygen atoms in total. The molecule has 0 fully saturated rings. The molecule has 0 spiro atoms. The van der Waals surface area contributed by atoms with E-state index >= 15 is 0 Å². The summed E-state index contributed by atoms with van der Waals surface area (Å²) in [7, 11) is 0. The summed E-state index contributed by atoms with van der Waals surface area (Å²) in [5.41, 5.74) is 2.51. The Morgan fingerprint density at radius 1 is 1.18 bits per heavy atom. The van der Waals surface area contributed by atoms with Gasteiger partial charge in [-0.05, 0) is 67.1 Å². The Bertz CT molecular complexity index is 1140. The van der Waals surface area contributed by atoms with E-state index in [1.54, 1.807) is 17.4 Å². The molecule has 1 aliphatic rings. The third-order valence-electron chi connectivity index (χ3n) is 6.02. The number of amides is 2. The van der Waals surface area contributed by atoms with Crippen molar-refractivity contribution in [3.8, 4) is 5.75 Å². The molecule has 2 aromatic carbocycles. The number of ether oxygens (including phenoxy) is 1. The van der Waals surface area contributed by atoms with Crippen molar-refractivity contribution in [2.24, 2.45) is 0 Å². The minimum Gasteiger partial charge on any atom is -0.491 e. The predicted octanol–water partition coefficient (Wildman–Crippen LogP) is 5.25. The van der Waals surface area contributed by atoms with Crippen LogP contribution >= 0.6 is 11.3 Å². The molecular weight excluding hydrogens is 451 g/mol. The molecule has 34 heavy (non-hydrogen) atoms. The Labute approximate surface area is 203 Å². The predicted molar refractivity (Wildman–Crippen MR) is 132 cm³/mol. The number of halogens is 1. The van der Waals surface area contributed by atoms with Gasteiger partial charge >= 0.3 is 0 Å². The van der Waals surface area contributed by atoms with Crippen molar-refractivity contribution in [3.05, 3.63) is 87.4 Å². The molecule has 0 aliphatic carbocycles. The summed E-state index contributed by atoms with van der Waals surface area (Å²) in [4.78, 5) is 31.1. The summed E-state index contributed by atoms with van der Waals surface area (Å²) >= 11 is 1.70. The summed E-state index contributed by atoms with van der Waals surface area (Å²) in [5, 5.41) is 2.05. The van der Waals surface area contributed by atoms with Gasteiger partial charge in [0, 0.05) is 23.5 Å². The zero-order chi connectivity index (χ0) is 24.1. The topological polar surface area (TPSA) is 49.9 Å². The van der Waals surface area contributed by atoms with E-state index < -0.39 is 5.82 Å². The molecule has 4 rings (SSSR count). The summed E-state index contributed by atoms with van der Waals surface area (Å²) in [5.74, 6) is -0.180. The maximum absolute atomic E-state index is 13.7. The van der Waals surface area contributed by atoms with Crippen LogP contribution in [0.15, 0.2) is 60.0 Å². The first-order chi connectivity index (χ1) is 16.5. The molecule has 0 saturated carbocycles. The van der Waals surface area contributed by atoms with Crippen LogP contribution in [0.5, 0.6) is 5.75 Å². The lowest BCUT2D eigenvalue weighted by Crippen LogP contribution is -2.48. The Balaban J connectivity index is 1.51. The lowest BCUT2D eigenvalue weighted by Gasteiger charge is -2.37. The van der Waals surface area contributed by atoms with Crippen molar-refractivity contribution < 1.29 is 18.7 Å². The van der Waals surface area contributed by atoms with Gasteiger partial charge in [-0.3, -0.25) is 9.59 Å². The molecule has 7 heteroatoms. The maximum atomic E-state index is 13.7. The van der Waals surface area contributed by atoms with E-state index in [-0.39, 0.29) is 30.0 Å². The monoisotopic (exact) mass is 480 g/mol. The summed E-state index contributed by atoms with van der Waals surface area (Å²) < 4.78 is 19.8. The number of aryl methyl sites for hydroxylation is 1. The van der Waals surface area contributed by atoms with Crippen LogP contribution in [0.2, 0.25) is 0 Å². The molecule has 1 atom stereocenters. The lowest BCUT2D eigenvalue weighted by atomic mass is 10.0. The summed E-state index contributed by atoms with van der Waals surface area (Å²) in [6.45, 7) is 5.25. The third-order valence-corrected chi connectivity index (χ3v) is 7.02. The van der Waals surface area contributed by atoms with E-state index in [2.05, 4.69) is 6.07 Å². The molecule has 0 bridgehead atoms. The second-order valence-electron chi connectivity index (χ2n) is 8.51. The second-order valence-corrected chi connectivity index (χ2v) is 9.51. The van der Waals surface area contributed by atoms with Crippen LogP contribution in [0.1, 0.15) is 45.7 Å². The Morgan fingerprint density at radius 3 is 2.71 bits per heavy atom. The van der Waals surface area contributed by atoms with Crippen LogP contribution in [0.25, 0.3) is 0 Å². The highest BCUT2D eigenvalue weighted by molar-refractivity contribution is 7.10. The number of benzene rings is 2. The fourth-order valence-electron chi connectivity index (χ4n) is 4.26. The molecule has 0 N–H and O–H groups in total. The number of hydrogen-bond acceptors (Lipinski definition) is 4. The molecule has 1 aromatic heterocycles. The lowest BCUT2D eigenvalue weighted by molar-refractivity contribution is -0.135. The quantitative estimate of drug-likeness (QED) is 0.442. The first-order valence-electron chi connectivity index (χ1n) is 11.6. The first kappa shape index (κ1) is 24.0. The summed E-state index contributed by atoms with van der Waals surface area (Å²) in [6.07, 6.45) is 1.48. The van der Waals surface area contributed by atoms with Crippen LogP contribution in [-0.4, -0.2) is 47.9 Å². The molecule has 3 aromatic rings. The molecule has 1 aliphatic heterocycles.